The molecule has 0 spiro atoms. The summed E-state index contributed by atoms with van der Waals surface area (Å²) in [5.41, 5.74) is 0.733. The molecule has 1 amide bonds. The summed E-state index contributed by atoms with van der Waals surface area (Å²) in [5, 5.41) is 11.1. The Labute approximate surface area is 210 Å². The summed E-state index contributed by atoms with van der Waals surface area (Å²) in [6.45, 7) is 12.0. The number of carbonyl (C=O) groups is 1. The summed E-state index contributed by atoms with van der Waals surface area (Å²) in [4.78, 5) is 30.6. The molecule has 34 heavy (non-hydrogen) atoms. The van der Waals surface area contributed by atoms with E-state index in [-0.39, 0.29) is 22.9 Å². The highest BCUT2D eigenvalue weighted by atomic mass is 79.9. The first-order valence-corrected chi connectivity index (χ1v) is 13.1. The number of anilines is 1. The van der Waals surface area contributed by atoms with Crippen LogP contribution in [0.2, 0.25) is 0 Å². The topological polar surface area (TPSA) is 88.9 Å². The van der Waals surface area contributed by atoms with Gasteiger partial charge in [-0.25, -0.2) is 4.68 Å². The second kappa shape index (κ2) is 9.44. The van der Waals surface area contributed by atoms with Crippen LogP contribution in [0.1, 0.15) is 65.9 Å². The fourth-order valence-corrected chi connectivity index (χ4v) is 5.88. The second-order valence-corrected chi connectivity index (χ2v) is 11.7. The van der Waals surface area contributed by atoms with Crippen molar-refractivity contribution in [2.45, 2.75) is 78.4 Å². The largest absolute Gasteiger partial charge is 0.380 e. The van der Waals surface area contributed by atoms with Crippen molar-refractivity contribution in [1.82, 2.24) is 20.1 Å². The van der Waals surface area contributed by atoms with Gasteiger partial charge in [-0.3, -0.25) is 14.6 Å². The Morgan fingerprint density at radius 3 is 2.50 bits per heavy atom. The van der Waals surface area contributed by atoms with Crippen LogP contribution in [0.3, 0.4) is 0 Å². The first-order chi connectivity index (χ1) is 16.1. The molecule has 184 valence electrons. The smallest absolute Gasteiger partial charge is 0.284 e. The van der Waals surface area contributed by atoms with E-state index in [1.54, 1.807) is 18.6 Å². The van der Waals surface area contributed by atoms with Crippen LogP contribution in [0.15, 0.2) is 40.0 Å². The van der Waals surface area contributed by atoms with Crippen molar-refractivity contribution in [2.24, 2.45) is 23.2 Å². The van der Waals surface area contributed by atoms with E-state index in [0.717, 1.165) is 18.4 Å². The zero-order chi connectivity index (χ0) is 24.7. The average Bonchev–Trinajstić information content (AvgIpc) is 2.79. The van der Waals surface area contributed by atoms with E-state index in [1.165, 1.54) is 4.68 Å². The average molecular weight is 531 g/mol. The number of carbonyl (C=O) groups excluding carboxylic acids is 1. The van der Waals surface area contributed by atoms with Crippen molar-refractivity contribution >= 4 is 27.5 Å². The Bertz CT molecular complexity index is 1100. The van der Waals surface area contributed by atoms with Crippen LogP contribution in [0.5, 0.6) is 0 Å². The highest BCUT2D eigenvalue weighted by molar-refractivity contribution is 9.10. The van der Waals surface area contributed by atoms with E-state index >= 15 is 0 Å². The predicted octanol–water partition coefficient (Wildman–Crippen LogP) is 4.72. The van der Waals surface area contributed by atoms with Crippen molar-refractivity contribution in [2.75, 3.05) is 5.32 Å². The van der Waals surface area contributed by atoms with Crippen LogP contribution in [-0.4, -0.2) is 26.7 Å². The number of amides is 1. The van der Waals surface area contributed by atoms with Crippen molar-refractivity contribution < 1.29 is 4.79 Å². The normalized spacial score (nSPS) is 27.5. The van der Waals surface area contributed by atoms with Crippen molar-refractivity contribution in [3.05, 3.63) is 51.1 Å². The summed E-state index contributed by atoms with van der Waals surface area (Å²) in [6, 6.07) is 3.99. The van der Waals surface area contributed by atoms with E-state index in [9.17, 15) is 9.59 Å². The van der Waals surface area contributed by atoms with Crippen LogP contribution >= 0.6 is 15.9 Å². The van der Waals surface area contributed by atoms with Gasteiger partial charge in [0.25, 0.3) is 5.56 Å². The molecule has 2 saturated carbocycles. The molecule has 2 aromatic rings. The van der Waals surface area contributed by atoms with Gasteiger partial charge in [0.1, 0.15) is 10.0 Å². The van der Waals surface area contributed by atoms with Gasteiger partial charge in [0.15, 0.2) is 0 Å². The Balaban J connectivity index is 1.54. The van der Waals surface area contributed by atoms with Gasteiger partial charge in [-0.1, -0.05) is 34.6 Å². The Morgan fingerprint density at radius 1 is 1.21 bits per heavy atom. The summed E-state index contributed by atoms with van der Waals surface area (Å²) < 4.78 is 1.82. The Kier molecular flexibility index (Phi) is 6.91. The molecule has 2 aliphatic rings. The molecule has 4 atom stereocenters. The standard InChI is InChI=1S/C26H36BrN5O2/c1-16-13-20(17(2)18(3)25(16,4)5)31-21-15-30-32(23(33)22(21)27)26(9-6-10-26)24(34)29-14-19-7-11-28-12-8-19/h7-8,11-12,15-18,20,31H,6,9-10,13-14H2,1-5H3,(H,29,34)/t16-,17+,18+,20+/m0/s1. The molecule has 2 aliphatic carbocycles. The maximum atomic E-state index is 13.4. The minimum absolute atomic E-state index is 0.163. The first kappa shape index (κ1) is 24.9. The van der Waals surface area contributed by atoms with E-state index in [0.29, 0.717) is 47.3 Å². The van der Waals surface area contributed by atoms with Gasteiger partial charge < -0.3 is 10.6 Å². The molecule has 0 saturated heterocycles. The molecule has 7 nitrogen and oxygen atoms in total. The molecule has 8 heteroatoms. The highest BCUT2D eigenvalue weighted by Gasteiger charge is 2.48. The number of hydrogen-bond acceptors (Lipinski definition) is 5. The van der Waals surface area contributed by atoms with E-state index in [4.69, 9.17) is 0 Å². The van der Waals surface area contributed by atoms with Gasteiger partial charge >= 0.3 is 0 Å². The van der Waals surface area contributed by atoms with Crippen molar-refractivity contribution in [1.29, 1.82) is 0 Å². The van der Waals surface area contributed by atoms with E-state index in [2.05, 4.69) is 71.3 Å². The van der Waals surface area contributed by atoms with Crippen LogP contribution in [0.4, 0.5) is 5.69 Å². The van der Waals surface area contributed by atoms with E-state index < -0.39 is 5.54 Å². The minimum atomic E-state index is -0.934. The van der Waals surface area contributed by atoms with Crippen LogP contribution < -0.4 is 16.2 Å². The fourth-order valence-electron chi connectivity index (χ4n) is 5.50. The fraction of sp³-hybridized carbons (Fsp3) is 0.615. The molecule has 2 aromatic heterocycles. The molecule has 0 aromatic carbocycles. The molecule has 0 unspecified atom stereocenters. The molecule has 2 heterocycles. The lowest BCUT2D eigenvalue weighted by atomic mass is 9.58. The number of rotatable bonds is 6. The number of aromatic nitrogens is 3. The second-order valence-electron chi connectivity index (χ2n) is 10.9. The summed E-state index contributed by atoms with van der Waals surface area (Å²) in [6.07, 6.45) is 8.23. The number of nitrogens with one attached hydrogen (secondary N) is 2. The molecule has 2 fully saturated rings. The molecular weight excluding hydrogens is 494 g/mol. The van der Waals surface area contributed by atoms with Gasteiger partial charge in [-0.2, -0.15) is 5.10 Å². The highest BCUT2D eigenvalue weighted by Crippen LogP contribution is 2.48. The predicted molar refractivity (Wildman–Crippen MR) is 137 cm³/mol. The summed E-state index contributed by atoms with van der Waals surface area (Å²) in [5.74, 6) is 1.40. The zero-order valence-electron chi connectivity index (χ0n) is 20.8. The van der Waals surface area contributed by atoms with Gasteiger partial charge in [0, 0.05) is 25.0 Å². The number of hydrogen-bond donors (Lipinski definition) is 2. The van der Waals surface area contributed by atoms with Crippen LogP contribution in [0.25, 0.3) is 0 Å². The lowest BCUT2D eigenvalue weighted by molar-refractivity contribution is -0.135. The third-order valence-corrected chi connectivity index (χ3v) is 9.71. The minimum Gasteiger partial charge on any atom is -0.380 e. The number of nitrogens with zero attached hydrogens (tertiary/aromatic N) is 3. The van der Waals surface area contributed by atoms with Crippen LogP contribution in [-0.2, 0) is 16.9 Å². The first-order valence-electron chi connectivity index (χ1n) is 12.3. The van der Waals surface area contributed by atoms with Crippen molar-refractivity contribution in [3.63, 3.8) is 0 Å². The van der Waals surface area contributed by atoms with Gasteiger partial charge in [0.05, 0.1) is 11.9 Å². The third-order valence-electron chi connectivity index (χ3n) is 8.95. The molecule has 0 aliphatic heterocycles. The number of pyridine rings is 1. The van der Waals surface area contributed by atoms with Gasteiger partial charge in [-0.15, -0.1) is 0 Å². The van der Waals surface area contributed by atoms with Gasteiger partial charge in [0.2, 0.25) is 5.91 Å². The maximum Gasteiger partial charge on any atom is 0.284 e. The van der Waals surface area contributed by atoms with E-state index in [1.807, 2.05) is 12.1 Å². The molecule has 4 rings (SSSR count). The Hall–Kier alpha value is -2.22. The summed E-state index contributed by atoms with van der Waals surface area (Å²) >= 11 is 3.53. The zero-order valence-corrected chi connectivity index (χ0v) is 22.4. The Morgan fingerprint density at radius 2 is 1.88 bits per heavy atom. The van der Waals surface area contributed by atoms with Crippen molar-refractivity contribution in [3.8, 4) is 0 Å². The lowest BCUT2D eigenvalue weighted by Crippen LogP contribution is -2.57. The monoisotopic (exact) mass is 529 g/mol. The quantitative estimate of drug-likeness (QED) is 0.565. The third kappa shape index (κ3) is 4.30. The van der Waals surface area contributed by atoms with Crippen LogP contribution in [0, 0.1) is 23.2 Å². The summed E-state index contributed by atoms with van der Waals surface area (Å²) in [7, 11) is 0. The van der Waals surface area contributed by atoms with Gasteiger partial charge in [-0.05, 0) is 82.5 Å². The number of halogens is 1. The SMILES string of the molecule is C[C@@H]1[C@@H](C)C(C)(C)[C@@H](C)C[C@H]1Nc1cnn(C2(C(=O)NCc3ccncc3)CCC2)c(=O)c1Br. The molecule has 2 N–H and O–H groups in total. The molecule has 0 radical (unpaired) electrons. The molecule has 0 bridgehead atoms. The molecular formula is C26H36BrN5O2. The maximum absolute atomic E-state index is 13.4. The lowest BCUT2D eigenvalue weighted by Gasteiger charge is -2.50.